The number of benzene rings is 2. The maximum absolute atomic E-state index is 12.8. The number of ether oxygens (including phenoxy) is 2. The van der Waals surface area contributed by atoms with Crippen LogP contribution in [0, 0.1) is 0 Å². The van der Waals surface area contributed by atoms with E-state index in [9.17, 15) is 13.2 Å². The third kappa shape index (κ3) is 4.99. The Morgan fingerprint density at radius 1 is 1.14 bits per heavy atom. The van der Waals surface area contributed by atoms with Gasteiger partial charge in [-0.15, -0.1) is 0 Å². The second-order valence-corrected chi connectivity index (χ2v) is 8.41. The minimum Gasteiger partial charge on any atom is -0.458 e. The maximum atomic E-state index is 12.8. The molecule has 0 aromatic heterocycles. The first kappa shape index (κ1) is 20.5. The van der Waals surface area contributed by atoms with Gasteiger partial charge in [-0.3, -0.25) is 0 Å². The molecule has 0 atom stereocenters. The summed E-state index contributed by atoms with van der Waals surface area (Å²) in [5, 5.41) is 0.137. The van der Waals surface area contributed by atoms with Gasteiger partial charge in [-0.1, -0.05) is 48.0 Å². The zero-order valence-corrected chi connectivity index (χ0v) is 16.7. The molecule has 8 heteroatoms. The van der Waals surface area contributed by atoms with Gasteiger partial charge < -0.3 is 9.47 Å². The molecule has 0 aliphatic carbocycles. The molecule has 0 spiro atoms. The van der Waals surface area contributed by atoms with Crippen LogP contribution in [-0.4, -0.2) is 51.6 Å². The Balaban J connectivity index is 1.70. The summed E-state index contributed by atoms with van der Waals surface area (Å²) >= 11 is 6.09. The number of nitrogens with zero attached hydrogens (tertiary/aromatic N) is 1. The molecule has 1 heterocycles. The van der Waals surface area contributed by atoms with Crippen molar-refractivity contribution in [1.29, 1.82) is 0 Å². The molecule has 0 N–H and O–H groups in total. The molecular formula is C20H20ClNO5S. The molecule has 0 radical (unpaired) electrons. The lowest BCUT2D eigenvalue weighted by Gasteiger charge is -2.26. The van der Waals surface area contributed by atoms with Gasteiger partial charge in [0.05, 0.1) is 28.7 Å². The summed E-state index contributed by atoms with van der Waals surface area (Å²) < 4.78 is 37.2. The fraction of sp³-hybridized carbons (Fsp3) is 0.250. The number of morpholine rings is 1. The minimum atomic E-state index is -3.72. The van der Waals surface area contributed by atoms with Crippen LogP contribution in [0.15, 0.2) is 59.5 Å². The molecule has 3 rings (SSSR count). The van der Waals surface area contributed by atoms with Crippen LogP contribution in [0.4, 0.5) is 0 Å². The zero-order chi connectivity index (χ0) is 20.0. The van der Waals surface area contributed by atoms with E-state index >= 15 is 0 Å². The Kier molecular flexibility index (Phi) is 6.85. The van der Waals surface area contributed by atoms with Gasteiger partial charge in [-0.2, -0.15) is 4.31 Å². The highest BCUT2D eigenvalue weighted by Gasteiger charge is 2.27. The Hall–Kier alpha value is -2.19. The lowest BCUT2D eigenvalue weighted by atomic mass is 10.2. The molecule has 2 aromatic rings. The molecule has 148 valence electrons. The normalized spacial score (nSPS) is 15.6. The maximum Gasteiger partial charge on any atom is 0.340 e. The molecule has 0 unspecified atom stereocenters. The summed E-state index contributed by atoms with van der Waals surface area (Å²) in [4.78, 5) is 12.4. The first-order valence-electron chi connectivity index (χ1n) is 8.74. The van der Waals surface area contributed by atoms with E-state index in [0.717, 1.165) is 5.56 Å². The number of hydrogen-bond donors (Lipinski definition) is 0. The van der Waals surface area contributed by atoms with E-state index in [-0.39, 0.29) is 35.2 Å². The number of carbonyl (C=O) groups excluding carboxylic acids is 1. The van der Waals surface area contributed by atoms with Crippen LogP contribution < -0.4 is 0 Å². The standard InChI is InChI=1S/C20H20ClNO5S/c21-19-9-8-17(28(24,25)22-10-13-26-14-11-22)15-18(19)20(23)27-12-4-7-16-5-2-1-3-6-16/h1-9,15H,10-14H2. The Bertz CT molecular complexity index is 954. The molecule has 28 heavy (non-hydrogen) atoms. The van der Waals surface area contributed by atoms with Crippen LogP contribution in [0.25, 0.3) is 6.08 Å². The van der Waals surface area contributed by atoms with Crippen molar-refractivity contribution in [1.82, 2.24) is 4.31 Å². The van der Waals surface area contributed by atoms with Gasteiger partial charge in [0.2, 0.25) is 10.0 Å². The molecule has 0 saturated carbocycles. The van der Waals surface area contributed by atoms with Gasteiger partial charge in [-0.25, -0.2) is 13.2 Å². The first-order chi connectivity index (χ1) is 13.5. The Morgan fingerprint density at radius 3 is 2.57 bits per heavy atom. The second-order valence-electron chi connectivity index (χ2n) is 6.07. The van der Waals surface area contributed by atoms with E-state index < -0.39 is 16.0 Å². The third-order valence-corrected chi connectivity index (χ3v) is 6.41. The Labute approximate surface area is 169 Å². The van der Waals surface area contributed by atoms with E-state index in [1.165, 1.54) is 22.5 Å². The number of carbonyl (C=O) groups is 1. The van der Waals surface area contributed by atoms with Crippen molar-refractivity contribution in [3.63, 3.8) is 0 Å². The molecular weight excluding hydrogens is 402 g/mol. The van der Waals surface area contributed by atoms with E-state index in [2.05, 4.69) is 0 Å². The zero-order valence-electron chi connectivity index (χ0n) is 15.1. The smallest absolute Gasteiger partial charge is 0.340 e. The number of sulfonamides is 1. The van der Waals surface area contributed by atoms with Crippen LogP contribution in [0.1, 0.15) is 15.9 Å². The molecule has 1 aliphatic heterocycles. The minimum absolute atomic E-state index is 0.00516. The SMILES string of the molecule is O=C(OCC=Cc1ccccc1)c1cc(S(=O)(=O)N2CCOCC2)ccc1Cl. The predicted molar refractivity (Wildman–Crippen MR) is 107 cm³/mol. The number of rotatable bonds is 6. The summed E-state index contributed by atoms with van der Waals surface area (Å²) in [7, 11) is -3.72. The lowest BCUT2D eigenvalue weighted by molar-refractivity contribution is 0.0550. The molecule has 0 bridgehead atoms. The number of hydrogen-bond acceptors (Lipinski definition) is 5. The van der Waals surface area contributed by atoms with Crippen LogP contribution in [-0.2, 0) is 19.5 Å². The largest absolute Gasteiger partial charge is 0.458 e. The van der Waals surface area contributed by atoms with Crippen molar-refractivity contribution in [3.8, 4) is 0 Å². The molecule has 1 fully saturated rings. The quantitative estimate of drug-likeness (QED) is 0.669. The summed E-state index contributed by atoms with van der Waals surface area (Å²) in [6.45, 7) is 1.28. The van der Waals surface area contributed by atoms with E-state index in [0.29, 0.717) is 13.2 Å². The molecule has 0 amide bonds. The average Bonchev–Trinajstić information content (AvgIpc) is 2.72. The Morgan fingerprint density at radius 2 is 1.86 bits per heavy atom. The summed E-state index contributed by atoms with van der Waals surface area (Å²) in [5.74, 6) is -0.679. The van der Waals surface area contributed by atoms with Gasteiger partial charge in [0, 0.05) is 13.1 Å². The van der Waals surface area contributed by atoms with Gasteiger partial charge >= 0.3 is 5.97 Å². The van der Waals surface area contributed by atoms with E-state index in [1.54, 1.807) is 6.08 Å². The van der Waals surface area contributed by atoms with Crippen molar-refractivity contribution >= 4 is 33.7 Å². The van der Waals surface area contributed by atoms with E-state index in [1.807, 2.05) is 36.4 Å². The summed E-state index contributed by atoms with van der Waals surface area (Å²) in [6, 6.07) is 13.6. The van der Waals surface area contributed by atoms with Crippen molar-refractivity contribution in [2.24, 2.45) is 0 Å². The van der Waals surface area contributed by atoms with Crippen LogP contribution in [0.3, 0.4) is 0 Å². The first-order valence-corrected chi connectivity index (χ1v) is 10.6. The fourth-order valence-corrected chi connectivity index (χ4v) is 4.34. The topological polar surface area (TPSA) is 72.9 Å². The van der Waals surface area contributed by atoms with Gasteiger partial charge in [0.1, 0.15) is 6.61 Å². The van der Waals surface area contributed by atoms with Crippen molar-refractivity contribution in [2.45, 2.75) is 4.90 Å². The highest BCUT2D eigenvalue weighted by Crippen LogP contribution is 2.24. The third-order valence-electron chi connectivity index (χ3n) is 4.19. The summed E-state index contributed by atoms with van der Waals surface area (Å²) in [6.07, 6.45) is 3.53. The molecule has 1 aliphatic rings. The monoisotopic (exact) mass is 421 g/mol. The van der Waals surface area contributed by atoms with Crippen molar-refractivity contribution in [2.75, 3.05) is 32.9 Å². The van der Waals surface area contributed by atoms with Crippen LogP contribution in [0.2, 0.25) is 5.02 Å². The second kappa shape index (κ2) is 9.34. The van der Waals surface area contributed by atoms with Crippen molar-refractivity contribution in [3.05, 3.63) is 70.8 Å². The van der Waals surface area contributed by atoms with Gasteiger partial charge in [-0.05, 0) is 29.8 Å². The van der Waals surface area contributed by atoms with Gasteiger partial charge in [0.25, 0.3) is 0 Å². The van der Waals surface area contributed by atoms with Crippen molar-refractivity contribution < 1.29 is 22.7 Å². The lowest BCUT2D eigenvalue weighted by Crippen LogP contribution is -2.40. The molecule has 2 aromatic carbocycles. The highest BCUT2D eigenvalue weighted by atomic mass is 35.5. The average molecular weight is 422 g/mol. The highest BCUT2D eigenvalue weighted by molar-refractivity contribution is 7.89. The fourth-order valence-electron chi connectivity index (χ4n) is 2.71. The van der Waals surface area contributed by atoms with Crippen LogP contribution in [0.5, 0.6) is 0 Å². The molecule has 1 saturated heterocycles. The van der Waals surface area contributed by atoms with E-state index in [4.69, 9.17) is 21.1 Å². The van der Waals surface area contributed by atoms with Gasteiger partial charge in [0.15, 0.2) is 0 Å². The number of halogens is 1. The molecule has 6 nitrogen and oxygen atoms in total. The van der Waals surface area contributed by atoms with Crippen LogP contribution >= 0.6 is 11.6 Å². The predicted octanol–water partition coefficient (Wildman–Crippen LogP) is 3.23. The number of esters is 1. The summed E-state index contributed by atoms with van der Waals surface area (Å²) in [5.41, 5.74) is 0.999.